The number of halogens is 1. The van der Waals surface area contributed by atoms with Gasteiger partial charge in [0.05, 0.1) is 16.3 Å². The number of hydrogen-bond acceptors (Lipinski definition) is 4. The van der Waals surface area contributed by atoms with Crippen molar-refractivity contribution in [3.05, 3.63) is 71.5 Å². The van der Waals surface area contributed by atoms with Crippen molar-refractivity contribution in [2.45, 2.75) is 0 Å². The van der Waals surface area contributed by atoms with Crippen LogP contribution in [0.2, 0.25) is 5.02 Å². The van der Waals surface area contributed by atoms with Gasteiger partial charge < -0.3 is 15.0 Å². The number of nitrogens with one attached hydrogen (secondary N) is 2. The van der Waals surface area contributed by atoms with Gasteiger partial charge in [0.2, 0.25) is 0 Å². The van der Waals surface area contributed by atoms with Crippen molar-refractivity contribution in [2.75, 3.05) is 11.9 Å². The molecule has 0 unspecified atom stereocenters. The van der Waals surface area contributed by atoms with E-state index in [2.05, 4.69) is 15.3 Å². The molecule has 1 amide bonds. The predicted octanol–water partition coefficient (Wildman–Crippen LogP) is 3.53. The Balaban J connectivity index is 1.55. The second kappa shape index (κ2) is 7.63. The summed E-state index contributed by atoms with van der Waals surface area (Å²) < 4.78 is 5.02. The van der Waals surface area contributed by atoms with E-state index in [0.717, 1.165) is 5.56 Å². The first-order valence-corrected chi connectivity index (χ1v) is 7.82. The van der Waals surface area contributed by atoms with Crippen molar-refractivity contribution in [3.63, 3.8) is 0 Å². The third-order valence-electron chi connectivity index (χ3n) is 3.37. The number of nitrogens with zero attached hydrogens (tertiary/aromatic N) is 1. The fraction of sp³-hybridized carbons (Fsp3) is 0.0556. The number of aromatic amines is 1. The Labute approximate surface area is 148 Å². The zero-order valence-electron chi connectivity index (χ0n) is 13.0. The lowest BCUT2D eigenvalue weighted by Crippen LogP contribution is -2.21. The number of hydrogen-bond donors (Lipinski definition) is 2. The summed E-state index contributed by atoms with van der Waals surface area (Å²) >= 11 is 5.95. The van der Waals surface area contributed by atoms with E-state index in [1.807, 2.05) is 0 Å². The van der Waals surface area contributed by atoms with Gasteiger partial charge in [-0.3, -0.25) is 4.79 Å². The molecule has 1 aromatic heterocycles. The van der Waals surface area contributed by atoms with Crippen LogP contribution in [0, 0.1) is 0 Å². The summed E-state index contributed by atoms with van der Waals surface area (Å²) in [7, 11) is 0. The molecule has 0 saturated carbocycles. The molecule has 6 nitrogen and oxygen atoms in total. The lowest BCUT2D eigenvalue weighted by molar-refractivity contribution is -0.119. The third-order valence-corrected chi connectivity index (χ3v) is 3.70. The van der Waals surface area contributed by atoms with Gasteiger partial charge in [0.15, 0.2) is 6.61 Å². The Hall–Kier alpha value is -3.12. The maximum atomic E-state index is 12.0. The van der Waals surface area contributed by atoms with Gasteiger partial charge in [0.1, 0.15) is 5.82 Å². The van der Waals surface area contributed by atoms with Crippen LogP contribution in [-0.4, -0.2) is 28.5 Å². The summed E-state index contributed by atoms with van der Waals surface area (Å²) in [5.74, 6) is -0.340. The van der Waals surface area contributed by atoms with E-state index in [4.69, 9.17) is 16.3 Å². The third kappa shape index (κ3) is 4.24. The van der Waals surface area contributed by atoms with Gasteiger partial charge in [-0.25, -0.2) is 9.78 Å². The van der Waals surface area contributed by atoms with Crippen molar-refractivity contribution in [2.24, 2.45) is 0 Å². The van der Waals surface area contributed by atoms with Crippen LogP contribution in [0.1, 0.15) is 10.4 Å². The number of para-hydroxylation sites is 1. The molecule has 1 heterocycles. The summed E-state index contributed by atoms with van der Waals surface area (Å²) in [5, 5.41) is 3.00. The Morgan fingerprint density at radius 2 is 1.88 bits per heavy atom. The molecule has 3 aromatic rings. The van der Waals surface area contributed by atoms with Gasteiger partial charge in [0.25, 0.3) is 5.91 Å². The second-order valence-corrected chi connectivity index (χ2v) is 5.53. The molecular weight excluding hydrogens is 342 g/mol. The minimum Gasteiger partial charge on any atom is -0.452 e. The number of imidazole rings is 1. The molecule has 2 aromatic carbocycles. The molecule has 0 aliphatic heterocycles. The minimum atomic E-state index is -0.583. The molecule has 0 saturated heterocycles. The van der Waals surface area contributed by atoms with Crippen molar-refractivity contribution >= 4 is 29.2 Å². The smallest absolute Gasteiger partial charge is 0.338 e. The molecule has 25 heavy (non-hydrogen) atoms. The molecule has 3 rings (SSSR count). The van der Waals surface area contributed by atoms with E-state index >= 15 is 0 Å². The first-order chi connectivity index (χ1) is 12.1. The Bertz CT molecular complexity index is 877. The Morgan fingerprint density at radius 3 is 2.56 bits per heavy atom. The first-order valence-electron chi connectivity index (χ1n) is 7.45. The summed E-state index contributed by atoms with van der Waals surface area (Å²) in [4.78, 5) is 31.0. The predicted molar refractivity (Wildman–Crippen MR) is 94.4 cm³/mol. The standard InChI is InChI=1S/C18H14ClN3O3/c19-14-3-1-2-4-15(14)22-16(23)11-25-18(24)13-7-5-12(6-8-13)17-20-9-10-21-17/h1-10H,11H2,(H,20,21)(H,22,23). The number of benzene rings is 2. The number of carbonyl (C=O) groups is 2. The second-order valence-electron chi connectivity index (χ2n) is 5.12. The molecule has 0 aliphatic carbocycles. The van der Waals surface area contributed by atoms with E-state index in [0.29, 0.717) is 22.1 Å². The van der Waals surface area contributed by atoms with E-state index in [1.54, 1.807) is 60.9 Å². The zero-order chi connectivity index (χ0) is 17.6. The summed E-state index contributed by atoms with van der Waals surface area (Å²) in [6.45, 7) is -0.399. The number of esters is 1. The molecule has 0 spiro atoms. The number of ether oxygens (including phenoxy) is 1. The lowest BCUT2D eigenvalue weighted by atomic mass is 10.1. The first kappa shape index (κ1) is 16.7. The monoisotopic (exact) mass is 355 g/mol. The van der Waals surface area contributed by atoms with Gasteiger partial charge in [-0.2, -0.15) is 0 Å². The van der Waals surface area contributed by atoms with Crippen molar-refractivity contribution in [1.29, 1.82) is 0 Å². The number of rotatable bonds is 5. The van der Waals surface area contributed by atoms with Crippen LogP contribution in [-0.2, 0) is 9.53 Å². The number of carbonyl (C=O) groups excluding carboxylic acids is 2. The van der Waals surface area contributed by atoms with Crippen molar-refractivity contribution in [3.8, 4) is 11.4 Å². The molecule has 0 aliphatic rings. The molecule has 0 fully saturated rings. The largest absolute Gasteiger partial charge is 0.452 e. The van der Waals surface area contributed by atoms with Gasteiger partial charge in [0, 0.05) is 18.0 Å². The van der Waals surface area contributed by atoms with E-state index in [9.17, 15) is 9.59 Å². The number of H-pyrrole nitrogens is 1. The normalized spacial score (nSPS) is 10.3. The van der Waals surface area contributed by atoms with Crippen LogP contribution < -0.4 is 5.32 Å². The van der Waals surface area contributed by atoms with Gasteiger partial charge >= 0.3 is 5.97 Å². The summed E-state index contributed by atoms with van der Waals surface area (Å²) in [6.07, 6.45) is 3.37. The van der Waals surface area contributed by atoms with Gasteiger partial charge in [-0.15, -0.1) is 0 Å². The van der Waals surface area contributed by atoms with E-state index in [-0.39, 0.29) is 0 Å². The number of anilines is 1. The Morgan fingerprint density at radius 1 is 1.12 bits per heavy atom. The number of aromatic nitrogens is 2. The minimum absolute atomic E-state index is 0.348. The fourth-order valence-electron chi connectivity index (χ4n) is 2.15. The molecule has 2 N–H and O–H groups in total. The maximum absolute atomic E-state index is 12.0. The van der Waals surface area contributed by atoms with Crippen molar-refractivity contribution in [1.82, 2.24) is 9.97 Å². The molecule has 126 valence electrons. The van der Waals surface area contributed by atoms with Crippen LogP contribution in [0.15, 0.2) is 60.9 Å². The highest BCUT2D eigenvalue weighted by atomic mass is 35.5. The highest BCUT2D eigenvalue weighted by Gasteiger charge is 2.12. The highest BCUT2D eigenvalue weighted by molar-refractivity contribution is 6.33. The topological polar surface area (TPSA) is 84.1 Å². The fourth-order valence-corrected chi connectivity index (χ4v) is 2.33. The molecule has 0 atom stereocenters. The van der Waals surface area contributed by atoms with E-state index in [1.165, 1.54) is 0 Å². The molecule has 0 radical (unpaired) electrons. The molecular formula is C18H14ClN3O3. The van der Waals surface area contributed by atoms with Gasteiger partial charge in [-0.1, -0.05) is 35.9 Å². The average Bonchev–Trinajstić information content (AvgIpc) is 3.16. The molecule has 7 heteroatoms. The molecule has 0 bridgehead atoms. The average molecular weight is 356 g/mol. The maximum Gasteiger partial charge on any atom is 0.338 e. The lowest BCUT2D eigenvalue weighted by Gasteiger charge is -2.08. The van der Waals surface area contributed by atoms with Crippen LogP contribution in [0.3, 0.4) is 0 Å². The SMILES string of the molecule is O=C(COC(=O)c1ccc(-c2ncc[nH]2)cc1)Nc1ccccc1Cl. The van der Waals surface area contributed by atoms with Crippen molar-refractivity contribution < 1.29 is 14.3 Å². The van der Waals surface area contributed by atoms with Crippen LogP contribution in [0.5, 0.6) is 0 Å². The van der Waals surface area contributed by atoms with E-state index < -0.39 is 18.5 Å². The van der Waals surface area contributed by atoms with Crippen LogP contribution in [0.4, 0.5) is 5.69 Å². The van der Waals surface area contributed by atoms with Crippen LogP contribution in [0.25, 0.3) is 11.4 Å². The quantitative estimate of drug-likeness (QED) is 0.686. The van der Waals surface area contributed by atoms with Crippen LogP contribution >= 0.6 is 11.6 Å². The summed E-state index contributed by atoms with van der Waals surface area (Å²) in [5.41, 5.74) is 1.66. The summed E-state index contributed by atoms with van der Waals surface area (Å²) in [6, 6.07) is 13.6. The highest BCUT2D eigenvalue weighted by Crippen LogP contribution is 2.20. The Kier molecular flexibility index (Phi) is 5.11. The number of amides is 1. The zero-order valence-corrected chi connectivity index (χ0v) is 13.8. The van der Waals surface area contributed by atoms with Gasteiger partial charge in [-0.05, 0) is 24.3 Å².